The molecule has 2 amide bonds. The van der Waals surface area contributed by atoms with Crippen molar-refractivity contribution < 1.29 is 14.1 Å². The number of aryl methyl sites for hydroxylation is 2. The number of benzene rings is 2. The Bertz CT molecular complexity index is 1450. The first-order chi connectivity index (χ1) is 17.5. The van der Waals surface area contributed by atoms with Gasteiger partial charge in [0.2, 0.25) is 17.6 Å². The van der Waals surface area contributed by atoms with Crippen molar-refractivity contribution in [3.8, 4) is 11.4 Å². The third-order valence-corrected chi connectivity index (χ3v) is 7.37. The molecule has 2 saturated heterocycles. The van der Waals surface area contributed by atoms with Gasteiger partial charge in [0.1, 0.15) is 0 Å². The van der Waals surface area contributed by atoms with Crippen LogP contribution < -0.4 is 4.90 Å². The summed E-state index contributed by atoms with van der Waals surface area (Å²) in [5, 5.41) is 9.82. The van der Waals surface area contributed by atoms with Crippen LogP contribution in [0.5, 0.6) is 0 Å². The van der Waals surface area contributed by atoms with Crippen LogP contribution in [0.15, 0.2) is 47.0 Å². The van der Waals surface area contributed by atoms with Gasteiger partial charge < -0.3 is 14.3 Å². The number of carbonyl (C=O) groups excluding carboxylic acids is 2. The fraction of sp³-hybridized carbons (Fsp3) is 0.370. The highest BCUT2D eigenvalue weighted by Gasteiger charge is 2.29. The molecule has 0 aliphatic carbocycles. The fourth-order valence-corrected chi connectivity index (χ4v) is 5.31. The molecule has 0 radical (unpaired) electrons. The zero-order chi connectivity index (χ0) is 24.8. The number of rotatable bonds is 4. The van der Waals surface area contributed by atoms with Crippen LogP contribution in [0.1, 0.15) is 53.5 Å². The quantitative estimate of drug-likeness (QED) is 0.433. The number of carbonyl (C=O) groups is 2. The number of likely N-dealkylation sites (tertiary alicyclic amines) is 1. The number of nitrogens with zero attached hydrogens (tertiary/aromatic N) is 6. The minimum atomic E-state index is 0.0127. The van der Waals surface area contributed by atoms with Gasteiger partial charge in [0, 0.05) is 61.2 Å². The molecular formula is C27H28N6O3. The normalized spacial score (nSPS) is 16.9. The van der Waals surface area contributed by atoms with Gasteiger partial charge in [0.25, 0.3) is 5.91 Å². The van der Waals surface area contributed by atoms with Crippen LogP contribution in [0, 0.1) is 6.92 Å². The highest BCUT2D eigenvalue weighted by atomic mass is 16.5. The van der Waals surface area contributed by atoms with E-state index in [1.54, 1.807) is 4.90 Å². The lowest BCUT2D eigenvalue weighted by Gasteiger charge is -2.30. The summed E-state index contributed by atoms with van der Waals surface area (Å²) in [5.41, 5.74) is 4.42. The van der Waals surface area contributed by atoms with E-state index in [2.05, 4.69) is 15.2 Å². The monoisotopic (exact) mass is 484 g/mol. The van der Waals surface area contributed by atoms with E-state index in [4.69, 9.17) is 4.52 Å². The second-order valence-corrected chi connectivity index (χ2v) is 9.66. The number of piperidine rings is 1. The van der Waals surface area contributed by atoms with E-state index in [1.807, 2.05) is 66.0 Å². The van der Waals surface area contributed by atoms with Crippen LogP contribution in [0.2, 0.25) is 0 Å². The molecule has 0 bridgehead atoms. The fourth-order valence-electron chi connectivity index (χ4n) is 5.31. The molecule has 9 heteroatoms. The van der Waals surface area contributed by atoms with Gasteiger partial charge in [-0.25, -0.2) is 0 Å². The van der Waals surface area contributed by atoms with E-state index >= 15 is 0 Å². The van der Waals surface area contributed by atoms with Crippen LogP contribution in [-0.4, -0.2) is 56.3 Å². The topological polar surface area (TPSA) is 97.4 Å². The van der Waals surface area contributed by atoms with Gasteiger partial charge in [0.05, 0.1) is 11.2 Å². The molecular weight excluding hydrogens is 456 g/mol. The second-order valence-electron chi connectivity index (χ2n) is 9.66. The summed E-state index contributed by atoms with van der Waals surface area (Å²) >= 11 is 0. The summed E-state index contributed by atoms with van der Waals surface area (Å²) in [6, 6.07) is 13.5. The van der Waals surface area contributed by atoms with Crippen LogP contribution in [-0.2, 0) is 11.8 Å². The molecule has 0 atom stereocenters. The molecule has 0 spiro atoms. The number of hydrogen-bond donors (Lipinski definition) is 0. The predicted octanol–water partition coefficient (Wildman–Crippen LogP) is 4.08. The first kappa shape index (κ1) is 22.5. The minimum Gasteiger partial charge on any atom is -0.339 e. The molecule has 9 nitrogen and oxygen atoms in total. The molecule has 36 heavy (non-hydrogen) atoms. The largest absolute Gasteiger partial charge is 0.339 e. The van der Waals surface area contributed by atoms with E-state index in [-0.39, 0.29) is 17.7 Å². The number of amides is 2. The third kappa shape index (κ3) is 3.94. The van der Waals surface area contributed by atoms with Crippen LogP contribution >= 0.6 is 0 Å². The van der Waals surface area contributed by atoms with Crippen molar-refractivity contribution in [2.24, 2.45) is 7.05 Å². The predicted molar refractivity (Wildman–Crippen MR) is 135 cm³/mol. The van der Waals surface area contributed by atoms with E-state index in [9.17, 15) is 9.59 Å². The van der Waals surface area contributed by atoms with Gasteiger partial charge in [-0.15, -0.1) is 0 Å². The zero-order valence-corrected chi connectivity index (χ0v) is 20.5. The van der Waals surface area contributed by atoms with Crippen LogP contribution in [0.3, 0.4) is 0 Å². The van der Waals surface area contributed by atoms with Crippen molar-refractivity contribution in [1.29, 1.82) is 0 Å². The Hall–Kier alpha value is -4.01. The molecule has 2 aromatic carbocycles. The molecule has 4 aromatic rings. The Balaban J connectivity index is 1.10. The van der Waals surface area contributed by atoms with Gasteiger partial charge in [0.15, 0.2) is 0 Å². The molecule has 2 aromatic heterocycles. The lowest BCUT2D eigenvalue weighted by Crippen LogP contribution is -2.38. The summed E-state index contributed by atoms with van der Waals surface area (Å²) in [6.45, 7) is 4.01. The maximum atomic E-state index is 13.1. The van der Waals surface area contributed by atoms with Crippen LogP contribution in [0.25, 0.3) is 22.3 Å². The van der Waals surface area contributed by atoms with Crippen molar-refractivity contribution >= 4 is 28.4 Å². The highest BCUT2D eigenvalue weighted by Crippen LogP contribution is 2.31. The first-order valence-electron chi connectivity index (χ1n) is 12.4. The Kier molecular flexibility index (Phi) is 5.55. The van der Waals surface area contributed by atoms with E-state index in [0.717, 1.165) is 53.7 Å². The van der Waals surface area contributed by atoms with Gasteiger partial charge >= 0.3 is 0 Å². The van der Waals surface area contributed by atoms with Gasteiger partial charge in [-0.1, -0.05) is 17.3 Å². The molecule has 2 fully saturated rings. The van der Waals surface area contributed by atoms with Crippen molar-refractivity contribution in [2.45, 2.75) is 38.5 Å². The first-order valence-corrected chi connectivity index (χ1v) is 12.4. The lowest BCUT2D eigenvalue weighted by molar-refractivity contribution is -0.117. The SMILES string of the molecule is Cc1nn(C)c2cc(-c3noc(C4CCN(C(=O)c5ccc(N6CCCC6=O)cc5)CC4)n3)ccc12. The third-order valence-electron chi connectivity index (χ3n) is 7.37. The van der Waals surface area contributed by atoms with Crippen molar-refractivity contribution in [2.75, 3.05) is 24.5 Å². The Labute approximate surface area is 208 Å². The maximum Gasteiger partial charge on any atom is 0.253 e. The maximum absolute atomic E-state index is 13.1. The molecule has 0 unspecified atom stereocenters. The molecule has 0 saturated carbocycles. The van der Waals surface area contributed by atoms with Gasteiger partial charge in [-0.05, 0) is 56.5 Å². The standard InChI is InChI=1S/C27H28N6O3/c1-17-22-10-7-20(16-23(22)31(2)29-17)25-28-26(36-30-25)18-11-14-32(15-12-18)27(35)19-5-8-21(9-6-19)33-13-3-4-24(33)34/h5-10,16,18H,3-4,11-15H2,1-2H3. The second kappa shape index (κ2) is 8.89. The van der Waals surface area contributed by atoms with Crippen LogP contribution in [0.4, 0.5) is 5.69 Å². The molecule has 184 valence electrons. The Morgan fingerprint density at radius 3 is 2.56 bits per heavy atom. The smallest absolute Gasteiger partial charge is 0.253 e. The zero-order valence-electron chi connectivity index (χ0n) is 20.5. The number of hydrogen-bond acceptors (Lipinski definition) is 6. The summed E-state index contributed by atoms with van der Waals surface area (Å²) in [7, 11) is 1.93. The van der Waals surface area contributed by atoms with E-state index in [0.29, 0.717) is 36.8 Å². The average Bonchev–Trinajstić information content (AvgIpc) is 3.63. The molecule has 6 rings (SSSR count). The van der Waals surface area contributed by atoms with E-state index < -0.39 is 0 Å². The molecule has 2 aliphatic heterocycles. The summed E-state index contributed by atoms with van der Waals surface area (Å²) in [6.07, 6.45) is 3.02. The molecule has 2 aliphatic rings. The van der Waals surface area contributed by atoms with E-state index in [1.165, 1.54) is 0 Å². The lowest BCUT2D eigenvalue weighted by atomic mass is 9.96. The Morgan fingerprint density at radius 2 is 1.83 bits per heavy atom. The molecule has 4 heterocycles. The highest BCUT2D eigenvalue weighted by molar-refractivity contribution is 5.97. The summed E-state index contributed by atoms with van der Waals surface area (Å²) < 4.78 is 7.50. The Morgan fingerprint density at radius 1 is 1.06 bits per heavy atom. The van der Waals surface area contributed by atoms with Crippen molar-refractivity contribution in [1.82, 2.24) is 24.8 Å². The molecule has 0 N–H and O–H groups in total. The average molecular weight is 485 g/mol. The van der Waals surface area contributed by atoms with Crippen molar-refractivity contribution in [3.05, 3.63) is 59.6 Å². The number of fused-ring (bicyclic) bond motifs is 1. The summed E-state index contributed by atoms with van der Waals surface area (Å²) in [4.78, 5) is 33.4. The van der Waals surface area contributed by atoms with Gasteiger partial charge in [-0.2, -0.15) is 10.1 Å². The number of aromatic nitrogens is 4. The summed E-state index contributed by atoms with van der Waals surface area (Å²) in [5.74, 6) is 1.48. The number of anilines is 1. The minimum absolute atomic E-state index is 0.0127. The van der Waals surface area contributed by atoms with Gasteiger partial charge in [-0.3, -0.25) is 14.3 Å². The van der Waals surface area contributed by atoms with Crippen molar-refractivity contribution in [3.63, 3.8) is 0 Å².